The Kier molecular flexibility index (Phi) is 7.93. The van der Waals surface area contributed by atoms with Gasteiger partial charge in [-0.1, -0.05) is 36.4 Å². The molecule has 6 heteroatoms. The quantitative estimate of drug-likeness (QED) is 0.398. The predicted octanol–water partition coefficient (Wildman–Crippen LogP) is 3.80. The zero-order valence-electron chi connectivity index (χ0n) is 16.5. The van der Waals surface area contributed by atoms with Crippen LogP contribution < -0.4 is 5.32 Å². The topological polar surface area (TPSA) is 46.1 Å². The van der Waals surface area contributed by atoms with Gasteiger partial charge in [0, 0.05) is 26.2 Å². The third-order valence-electron chi connectivity index (χ3n) is 5.33. The number of fused-ring (bicyclic) bond motifs is 1. The molecule has 2 aromatic rings. The molecule has 2 aromatic carbocycles. The first-order valence-corrected chi connectivity index (χ1v) is 10.1. The molecule has 2 heterocycles. The van der Waals surface area contributed by atoms with Gasteiger partial charge >= 0.3 is 0 Å². The zero-order chi connectivity index (χ0) is 18.5. The van der Waals surface area contributed by atoms with Gasteiger partial charge in [-0.2, -0.15) is 0 Å². The lowest BCUT2D eigenvalue weighted by molar-refractivity contribution is -0.0817. The molecule has 0 aromatic heterocycles. The molecular formula is C22H30IN3O2. The van der Waals surface area contributed by atoms with E-state index in [2.05, 4.69) is 59.6 Å². The van der Waals surface area contributed by atoms with Gasteiger partial charge in [0.1, 0.15) is 6.10 Å². The van der Waals surface area contributed by atoms with Gasteiger partial charge in [0.2, 0.25) is 0 Å². The molecule has 0 radical (unpaired) electrons. The number of rotatable bonds is 4. The van der Waals surface area contributed by atoms with Crippen LogP contribution in [0.1, 0.15) is 25.3 Å². The number of nitrogens with zero attached hydrogens (tertiary/aromatic N) is 2. The zero-order valence-corrected chi connectivity index (χ0v) is 18.8. The van der Waals surface area contributed by atoms with Gasteiger partial charge in [0.15, 0.2) is 5.96 Å². The maximum absolute atomic E-state index is 5.98. The Balaban J connectivity index is 0.00000225. The summed E-state index contributed by atoms with van der Waals surface area (Å²) in [5.74, 6) is 0.969. The number of ether oxygens (including phenoxy) is 2. The normalized spacial score (nSPS) is 22.9. The van der Waals surface area contributed by atoms with E-state index in [4.69, 9.17) is 14.5 Å². The van der Waals surface area contributed by atoms with E-state index < -0.39 is 0 Å². The molecule has 5 nitrogen and oxygen atoms in total. The molecule has 2 unspecified atom stereocenters. The number of benzene rings is 2. The summed E-state index contributed by atoms with van der Waals surface area (Å²) >= 11 is 0. The number of halogens is 1. The maximum atomic E-state index is 5.98. The Hall–Kier alpha value is -1.38. The molecular weight excluding hydrogens is 465 g/mol. The molecule has 2 atom stereocenters. The van der Waals surface area contributed by atoms with Crippen molar-refractivity contribution in [3.8, 4) is 0 Å². The molecule has 2 saturated heterocycles. The largest absolute Gasteiger partial charge is 0.375 e. The molecule has 2 fully saturated rings. The summed E-state index contributed by atoms with van der Waals surface area (Å²) < 4.78 is 11.8. The Bertz CT molecular complexity index is 792. The average molecular weight is 495 g/mol. The average Bonchev–Trinajstić information content (AvgIpc) is 3.26. The third kappa shape index (κ3) is 5.15. The number of aliphatic imine (C=N–C) groups is 1. The SMILES string of the molecule is CCNC(=NCc1ccc2ccccc2c1)N1CCOC(C2CCCO2)C1.I. The van der Waals surface area contributed by atoms with Crippen LogP contribution in [0.3, 0.4) is 0 Å². The third-order valence-corrected chi connectivity index (χ3v) is 5.33. The molecule has 4 rings (SSSR count). The number of morpholine rings is 1. The van der Waals surface area contributed by atoms with Crippen LogP contribution in [0, 0.1) is 0 Å². The minimum Gasteiger partial charge on any atom is -0.375 e. The van der Waals surface area contributed by atoms with Gasteiger partial charge in [0.05, 0.1) is 19.3 Å². The fraction of sp³-hybridized carbons (Fsp3) is 0.500. The Morgan fingerprint density at radius 2 is 1.93 bits per heavy atom. The molecule has 0 amide bonds. The van der Waals surface area contributed by atoms with Gasteiger partial charge in [-0.25, -0.2) is 4.99 Å². The lowest BCUT2D eigenvalue weighted by Crippen LogP contribution is -2.53. The van der Waals surface area contributed by atoms with E-state index >= 15 is 0 Å². The minimum absolute atomic E-state index is 0. The Morgan fingerprint density at radius 3 is 2.71 bits per heavy atom. The van der Waals surface area contributed by atoms with Crippen molar-refractivity contribution in [2.75, 3.05) is 32.8 Å². The number of hydrogen-bond donors (Lipinski definition) is 1. The molecule has 152 valence electrons. The molecule has 0 saturated carbocycles. The van der Waals surface area contributed by atoms with E-state index in [1.165, 1.54) is 16.3 Å². The highest BCUT2D eigenvalue weighted by atomic mass is 127. The monoisotopic (exact) mass is 495 g/mol. The summed E-state index contributed by atoms with van der Waals surface area (Å²) in [5, 5.41) is 5.98. The van der Waals surface area contributed by atoms with Crippen LogP contribution in [0.2, 0.25) is 0 Å². The second kappa shape index (κ2) is 10.4. The second-order valence-corrected chi connectivity index (χ2v) is 7.26. The van der Waals surface area contributed by atoms with E-state index in [0.717, 1.165) is 51.6 Å². The highest BCUT2D eigenvalue weighted by Gasteiger charge is 2.32. The molecule has 2 aliphatic rings. The standard InChI is InChI=1S/C22H29N3O2.HI/c1-2-23-22(25-11-13-27-21(16-25)20-8-5-12-26-20)24-15-17-9-10-18-6-3-4-7-19(18)14-17;/h3-4,6-7,9-10,14,20-21H,2,5,8,11-13,15-16H2,1H3,(H,23,24);1H. The number of hydrogen-bond acceptors (Lipinski definition) is 3. The van der Waals surface area contributed by atoms with E-state index in [0.29, 0.717) is 6.54 Å². The van der Waals surface area contributed by atoms with Crippen LogP contribution in [0.25, 0.3) is 10.8 Å². The molecule has 1 N–H and O–H groups in total. The van der Waals surface area contributed by atoms with Crippen molar-refractivity contribution in [3.63, 3.8) is 0 Å². The van der Waals surface area contributed by atoms with Crippen molar-refractivity contribution in [1.82, 2.24) is 10.2 Å². The van der Waals surface area contributed by atoms with Crippen molar-refractivity contribution >= 4 is 40.7 Å². The highest BCUT2D eigenvalue weighted by molar-refractivity contribution is 14.0. The highest BCUT2D eigenvalue weighted by Crippen LogP contribution is 2.21. The van der Waals surface area contributed by atoms with E-state index in [1.54, 1.807) is 0 Å². The molecule has 28 heavy (non-hydrogen) atoms. The van der Waals surface area contributed by atoms with Crippen molar-refractivity contribution in [3.05, 3.63) is 48.0 Å². The van der Waals surface area contributed by atoms with Crippen LogP contribution in [0.5, 0.6) is 0 Å². The summed E-state index contributed by atoms with van der Waals surface area (Å²) in [6.45, 7) is 6.95. The van der Waals surface area contributed by atoms with Crippen LogP contribution in [0.15, 0.2) is 47.5 Å². The fourth-order valence-corrected chi connectivity index (χ4v) is 3.92. The summed E-state index contributed by atoms with van der Waals surface area (Å²) in [5.41, 5.74) is 1.23. The van der Waals surface area contributed by atoms with E-state index in [9.17, 15) is 0 Å². The first-order chi connectivity index (χ1) is 13.3. The van der Waals surface area contributed by atoms with E-state index in [-0.39, 0.29) is 36.2 Å². The van der Waals surface area contributed by atoms with Crippen molar-refractivity contribution in [2.45, 2.75) is 38.5 Å². The number of nitrogens with one attached hydrogen (secondary N) is 1. The second-order valence-electron chi connectivity index (χ2n) is 7.26. The summed E-state index contributed by atoms with van der Waals surface area (Å²) in [7, 11) is 0. The van der Waals surface area contributed by atoms with Crippen LogP contribution in [-0.4, -0.2) is 55.9 Å². The Labute approximate surface area is 184 Å². The number of guanidine groups is 1. The molecule has 0 aliphatic carbocycles. The van der Waals surface area contributed by atoms with Crippen molar-refractivity contribution < 1.29 is 9.47 Å². The maximum Gasteiger partial charge on any atom is 0.194 e. The van der Waals surface area contributed by atoms with Gasteiger partial charge in [-0.05, 0) is 42.2 Å². The first kappa shape index (κ1) is 21.3. The predicted molar refractivity (Wildman–Crippen MR) is 124 cm³/mol. The first-order valence-electron chi connectivity index (χ1n) is 10.1. The Morgan fingerprint density at radius 1 is 1.11 bits per heavy atom. The van der Waals surface area contributed by atoms with Crippen molar-refractivity contribution in [2.24, 2.45) is 4.99 Å². The van der Waals surface area contributed by atoms with E-state index in [1.807, 2.05) is 0 Å². The molecule has 0 spiro atoms. The van der Waals surface area contributed by atoms with Crippen LogP contribution >= 0.6 is 24.0 Å². The smallest absolute Gasteiger partial charge is 0.194 e. The van der Waals surface area contributed by atoms with Crippen LogP contribution in [0.4, 0.5) is 0 Å². The summed E-state index contributed by atoms with van der Waals surface area (Å²) in [6.07, 6.45) is 2.62. The lowest BCUT2D eigenvalue weighted by Gasteiger charge is -2.37. The van der Waals surface area contributed by atoms with Crippen molar-refractivity contribution in [1.29, 1.82) is 0 Å². The van der Waals surface area contributed by atoms with Gasteiger partial charge in [-0.3, -0.25) is 0 Å². The van der Waals surface area contributed by atoms with Gasteiger partial charge in [0.25, 0.3) is 0 Å². The minimum atomic E-state index is 0. The van der Waals surface area contributed by atoms with Gasteiger partial charge < -0.3 is 19.7 Å². The fourth-order valence-electron chi connectivity index (χ4n) is 3.92. The summed E-state index contributed by atoms with van der Waals surface area (Å²) in [4.78, 5) is 7.23. The van der Waals surface area contributed by atoms with Gasteiger partial charge in [-0.15, -0.1) is 24.0 Å². The molecule has 0 bridgehead atoms. The summed E-state index contributed by atoms with van der Waals surface area (Å²) in [6, 6.07) is 15.0. The molecule has 2 aliphatic heterocycles. The van der Waals surface area contributed by atoms with Crippen LogP contribution in [-0.2, 0) is 16.0 Å². The lowest BCUT2D eigenvalue weighted by atomic mass is 10.1.